The minimum absolute atomic E-state index is 0.273. The van der Waals surface area contributed by atoms with Gasteiger partial charge in [0, 0.05) is 6.92 Å². The van der Waals surface area contributed by atoms with Crippen molar-refractivity contribution in [3.8, 4) is 22.9 Å². The molecule has 4 bridgehead atoms. The fourth-order valence-electron chi connectivity index (χ4n) is 3.13. The van der Waals surface area contributed by atoms with E-state index in [0.717, 1.165) is 11.1 Å². The van der Waals surface area contributed by atoms with E-state index in [1.165, 1.54) is 0 Å². The second-order valence-corrected chi connectivity index (χ2v) is 6.52. The van der Waals surface area contributed by atoms with Gasteiger partial charge in [0.1, 0.15) is 18.5 Å². The predicted octanol–water partition coefficient (Wildman–Crippen LogP) is 3.17. The normalized spacial score (nSPS) is 24.3. The summed E-state index contributed by atoms with van der Waals surface area (Å²) in [6.07, 6.45) is -0.327. The van der Waals surface area contributed by atoms with Crippen molar-refractivity contribution in [2.75, 3.05) is 13.2 Å². The molecule has 2 heterocycles. The van der Waals surface area contributed by atoms with Crippen LogP contribution in [-0.2, 0) is 14.2 Å². The van der Waals surface area contributed by atoms with Crippen molar-refractivity contribution >= 4 is 5.97 Å². The Balaban J connectivity index is 1.81. The standard InChI is InChI=1S/C20H17NO5/c1-12-3-4-18(15(5-12)9-21)13-6-14-8-16(7-13)23-10-17-11-24-20(2,25-17)26-19(14)22/h3-8,17H,10-11H2,1-2H3. The minimum Gasteiger partial charge on any atom is -0.491 e. The fourth-order valence-corrected chi connectivity index (χ4v) is 3.13. The monoisotopic (exact) mass is 351 g/mol. The molecule has 0 spiro atoms. The molecule has 0 N–H and O–H groups in total. The summed E-state index contributed by atoms with van der Waals surface area (Å²) < 4.78 is 22.3. The molecular weight excluding hydrogens is 334 g/mol. The highest BCUT2D eigenvalue weighted by atomic mass is 16.9. The van der Waals surface area contributed by atoms with Crippen molar-refractivity contribution in [2.45, 2.75) is 25.9 Å². The lowest BCUT2D eigenvalue weighted by Crippen LogP contribution is -2.34. The van der Waals surface area contributed by atoms with Crippen LogP contribution in [0.15, 0.2) is 36.4 Å². The van der Waals surface area contributed by atoms with Gasteiger partial charge in [-0.3, -0.25) is 0 Å². The van der Waals surface area contributed by atoms with E-state index in [2.05, 4.69) is 6.07 Å². The number of fused-ring (bicyclic) bond motifs is 4. The van der Waals surface area contributed by atoms with Gasteiger partial charge in [-0.05, 0) is 47.9 Å². The second-order valence-electron chi connectivity index (χ2n) is 6.52. The van der Waals surface area contributed by atoms with E-state index in [1.807, 2.05) is 25.1 Å². The fraction of sp³-hybridized carbons (Fsp3) is 0.300. The van der Waals surface area contributed by atoms with Crippen LogP contribution in [0.2, 0.25) is 0 Å². The quantitative estimate of drug-likeness (QED) is 0.735. The van der Waals surface area contributed by atoms with Crippen molar-refractivity contribution < 1.29 is 23.7 Å². The summed E-state index contributed by atoms with van der Waals surface area (Å²) in [5.41, 5.74) is 3.28. The van der Waals surface area contributed by atoms with E-state index in [1.54, 1.807) is 25.1 Å². The van der Waals surface area contributed by atoms with Crippen LogP contribution in [0, 0.1) is 18.3 Å². The number of esters is 1. The van der Waals surface area contributed by atoms with Gasteiger partial charge in [0.25, 0.3) is 0 Å². The lowest BCUT2D eigenvalue weighted by atomic mass is 9.96. The number of aryl methyl sites for hydroxylation is 1. The van der Waals surface area contributed by atoms with Gasteiger partial charge in [-0.15, -0.1) is 0 Å². The van der Waals surface area contributed by atoms with Gasteiger partial charge in [-0.25, -0.2) is 4.79 Å². The van der Waals surface area contributed by atoms with Crippen molar-refractivity contribution in [2.24, 2.45) is 0 Å². The summed E-state index contributed by atoms with van der Waals surface area (Å²) in [5.74, 6) is -1.48. The lowest BCUT2D eigenvalue weighted by Gasteiger charge is -2.24. The zero-order valence-electron chi connectivity index (χ0n) is 14.4. The van der Waals surface area contributed by atoms with Crippen molar-refractivity contribution in [3.63, 3.8) is 0 Å². The van der Waals surface area contributed by atoms with Crippen LogP contribution < -0.4 is 4.74 Å². The van der Waals surface area contributed by atoms with Crippen LogP contribution in [0.1, 0.15) is 28.4 Å². The van der Waals surface area contributed by atoms with Gasteiger partial charge in [0.05, 0.1) is 23.8 Å². The zero-order valence-corrected chi connectivity index (χ0v) is 14.4. The SMILES string of the molecule is Cc1ccc(-c2cc3cc(c2)C(=O)OC2(C)OCC(CO3)O2)c(C#N)c1. The number of hydrogen-bond acceptors (Lipinski definition) is 6. The average molecular weight is 351 g/mol. The number of carbonyl (C=O) groups excluding carboxylic acids is 1. The topological polar surface area (TPSA) is 77.8 Å². The zero-order chi connectivity index (χ0) is 18.3. The minimum atomic E-state index is -1.42. The molecule has 0 aliphatic carbocycles. The van der Waals surface area contributed by atoms with Crippen LogP contribution in [0.3, 0.4) is 0 Å². The van der Waals surface area contributed by atoms with E-state index in [9.17, 15) is 10.1 Å². The number of hydrogen-bond donors (Lipinski definition) is 0. The first-order valence-corrected chi connectivity index (χ1v) is 8.30. The van der Waals surface area contributed by atoms with Crippen LogP contribution in [0.25, 0.3) is 11.1 Å². The molecule has 0 radical (unpaired) electrons. The van der Waals surface area contributed by atoms with E-state index >= 15 is 0 Å². The molecule has 0 aromatic heterocycles. The van der Waals surface area contributed by atoms with Crippen LogP contribution >= 0.6 is 0 Å². The van der Waals surface area contributed by atoms with Crippen LogP contribution in [0.4, 0.5) is 0 Å². The van der Waals surface area contributed by atoms with Gasteiger partial charge in [0.15, 0.2) is 0 Å². The van der Waals surface area contributed by atoms with E-state index in [4.69, 9.17) is 18.9 Å². The molecule has 0 amide bonds. The maximum atomic E-state index is 12.6. The number of nitrogens with zero attached hydrogens (tertiary/aromatic N) is 1. The number of carbonyl (C=O) groups is 1. The second kappa shape index (κ2) is 6.13. The molecule has 2 aliphatic heterocycles. The highest BCUT2D eigenvalue weighted by Gasteiger charge is 2.42. The first-order chi connectivity index (χ1) is 12.5. The predicted molar refractivity (Wildman–Crippen MR) is 91.5 cm³/mol. The first-order valence-electron chi connectivity index (χ1n) is 8.30. The number of nitriles is 1. The molecule has 0 saturated carbocycles. The van der Waals surface area contributed by atoms with Crippen molar-refractivity contribution in [1.82, 2.24) is 0 Å². The van der Waals surface area contributed by atoms with E-state index in [-0.39, 0.29) is 19.3 Å². The highest BCUT2D eigenvalue weighted by molar-refractivity contribution is 5.92. The van der Waals surface area contributed by atoms with Crippen LogP contribution in [-0.4, -0.2) is 31.3 Å². The molecule has 26 heavy (non-hydrogen) atoms. The Morgan fingerprint density at radius 3 is 2.77 bits per heavy atom. The lowest BCUT2D eigenvalue weighted by molar-refractivity contribution is -0.296. The molecule has 4 rings (SSSR count). The number of rotatable bonds is 1. The van der Waals surface area contributed by atoms with Gasteiger partial charge in [-0.1, -0.05) is 12.1 Å². The Morgan fingerprint density at radius 1 is 1.15 bits per heavy atom. The number of benzene rings is 2. The number of ether oxygens (including phenoxy) is 4. The molecule has 2 aromatic rings. The Morgan fingerprint density at radius 2 is 1.96 bits per heavy atom. The third-order valence-corrected chi connectivity index (χ3v) is 4.37. The Hall–Kier alpha value is -2.88. The summed E-state index contributed by atoms with van der Waals surface area (Å²) in [6.45, 7) is 4.04. The smallest absolute Gasteiger partial charge is 0.342 e. The van der Waals surface area contributed by atoms with Crippen molar-refractivity contribution in [1.29, 1.82) is 5.26 Å². The van der Waals surface area contributed by atoms with E-state index in [0.29, 0.717) is 22.4 Å². The first kappa shape index (κ1) is 16.6. The maximum Gasteiger partial charge on any atom is 0.342 e. The van der Waals surface area contributed by atoms with Gasteiger partial charge < -0.3 is 18.9 Å². The van der Waals surface area contributed by atoms with Gasteiger partial charge in [0.2, 0.25) is 0 Å². The summed E-state index contributed by atoms with van der Waals surface area (Å²) in [5, 5.41) is 9.45. The average Bonchev–Trinajstić information content (AvgIpc) is 2.99. The Bertz CT molecular complexity index is 932. The largest absolute Gasteiger partial charge is 0.491 e. The Kier molecular flexibility index (Phi) is 3.91. The molecule has 1 fully saturated rings. The van der Waals surface area contributed by atoms with Crippen molar-refractivity contribution in [3.05, 3.63) is 53.1 Å². The summed E-state index contributed by atoms with van der Waals surface area (Å²) in [4.78, 5) is 12.6. The summed E-state index contributed by atoms with van der Waals surface area (Å²) in [6, 6.07) is 12.9. The highest BCUT2D eigenvalue weighted by Crippen LogP contribution is 2.33. The summed E-state index contributed by atoms with van der Waals surface area (Å²) in [7, 11) is 0. The third kappa shape index (κ3) is 3.03. The van der Waals surface area contributed by atoms with Gasteiger partial charge in [-0.2, -0.15) is 5.26 Å². The molecule has 2 unspecified atom stereocenters. The molecule has 2 aromatic carbocycles. The maximum absolute atomic E-state index is 12.6. The summed E-state index contributed by atoms with van der Waals surface area (Å²) >= 11 is 0. The Labute approximate surface area is 150 Å². The molecule has 132 valence electrons. The molecule has 6 nitrogen and oxygen atoms in total. The van der Waals surface area contributed by atoms with Gasteiger partial charge >= 0.3 is 11.9 Å². The molecule has 2 atom stereocenters. The van der Waals surface area contributed by atoms with E-state index < -0.39 is 11.9 Å². The molecule has 2 aliphatic rings. The molecule has 6 heteroatoms. The van der Waals surface area contributed by atoms with Crippen LogP contribution in [0.5, 0.6) is 5.75 Å². The molecule has 1 saturated heterocycles. The molecular formula is C20H17NO5. The third-order valence-electron chi connectivity index (χ3n) is 4.37.